The highest BCUT2D eigenvalue weighted by molar-refractivity contribution is 5.40. The summed E-state index contributed by atoms with van der Waals surface area (Å²) in [5, 5.41) is 10.5. The van der Waals surface area contributed by atoms with Crippen LogP contribution in [0.2, 0.25) is 0 Å². The highest BCUT2D eigenvalue weighted by atomic mass is 16.3. The van der Waals surface area contributed by atoms with Gasteiger partial charge in [-0.15, -0.1) is 0 Å². The summed E-state index contributed by atoms with van der Waals surface area (Å²) in [4.78, 5) is 2.36. The van der Waals surface area contributed by atoms with Crippen LogP contribution < -0.4 is 0 Å². The number of hydrogen-bond acceptors (Lipinski definition) is 2. The van der Waals surface area contributed by atoms with Gasteiger partial charge < -0.3 is 5.11 Å². The van der Waals surface area contributed by atoms with Gasteiger partial charge >= 0.3 is 0 Å². The summed E-state index contributed by atoms with van der Waals surface area (Å²) in [6.07, 6.45) is -0.358. The van der Waals surface area contributed by atoms with Crippen LogP contribution >= 0.6 is 0 Å². The third-order valence-electron chi connectivity index (χ3n) is 4.63. The molecule has 0 heterocycles. The topological polar surface area (TPSA) is 23.5 Å². The number of aliphatic hydroxyl groups is 1. The molecule has 3 unspecified atom stereocenters. The molecular formula is C19H23NO. The lowest BCUT2D eigenvalue weighted by Gasteiger charge is -2.29. The zero-order valence-electron chi connectivity index (χ0n) is 13.0. The van der Waals surface area contributed by atoms with Crippen molar-refractivity contribution in [2.24, 2.45) is 5.92 Å². The Kier molecular flexibility index (Phi) is 3.83. The highest BCUT2D eigenvalue weighted by Crippen LogP contribution is 2.46. The van der Waals surface area contributed by atoms with Crippen molar-refractivity contribution in [2.45, 2.75) is 32.5 Å². The molecule has 1 N–H and O–H groups in total. The van der Waals surface area contributed by atoms with E-state index in [-0.39, 0.29) is 18.1 Å². The Bertz CT molecular complexity index is 623. The van der Waals surface area contributed by atoms with E-state index in [1.165, 1.54) is 16.7 Å². The Balaban J connectivity index is 1.90. The lowest BCUT2D eigenvalue weighted by Crippen LogP contribution is -2.27. The third-order valence-corrected chi connectivity index (χ3v) is 4.63. The predicted octanol–water partition coefficient (Wildman–Crippen LogP) is 3.85. The molecule has 1 aliphatic carbocycles. The number of rotatable bonds is 3. The molecule has 0 saturated carbocycles. The fraction of sp³-hybridized carbons (Fsp3) is 0.368. The van der Waals surface area contributed by atoms with Gasteiger partial charge in [-0.05, 0) is 30.7 Å². The van der Waals surface area contributed by atoms with Crippen molar-refractivity contribution in [3.8, 4) is 0 Å². The molecule has 0 aromatic heterocycles. The van der Waals surface area contributed by atoms with E-state index in [2.05, 4.69) is 68.3 Å². The van der Waals surface area contributed by atoms with Crippen molar-refractivity contribution in [3.05, 3.63) is 70.8 Å². The average Bonchev–Trinajstić information content (AvgIpc) is 2.71. The van der Waals surface area contributed by atoms with Crippen LogP contribution in [-0.2, 0) is 6.54 Å². The molecule has 0 radical (unpaired) electrons. The fourth-order valence-corrected chi connectivity index (χ4v) is 3.57. The van der Waals surface area contributed by atoms with Gasteiger partial charge in [0.2, 0.25) is 0 Å². The Labute approximate surface area is 127 Å². The molecule has 0 aliphatic heterocycles. The van der Waals surface area contributed by atoms with Crippen molar-refractivity contribution in [3.63, 3.8) is 0 Å². The van der Waals surface area contributed by atoms with Crippen LogP contribution in [0.25, 0.3) is 0 Å². The molecule has 0 bridgehead atoms. The molecule has 110 valence electrons. The minimum absolute atomic E-state index is 0.218. The van der Waals surface area contributed by atoms with Crippen LogP contribution in [0.3, 0.4) is 0 Å². The maximum Gasteiger partial charge on any atom is 0.0837 e. The summed E-state index contributed by atoms with van der Waals surface area (Å²) >= 11 is 0. The average molecular weight is 281 g/mol. The Morgan fingerprint density at radius 3 is 2.48 bits per heavy atom. The van der Waals surface area contributed by atoms with Crippen molar-refractivity contribution in [1.29, 1.82) is 0 Å². The summed E-state index contributed by atoms with van der Waals surface area (Å²) in [6, 6.07) is 17.2. The predicted molar refractivity (Wildman–Crippen MR) is 86.0 cm³/mol. The second-order valence-corrected chi connectivity index (χ2v) is 6.28. The minimum Gasteiger partial charge on any atom is -0.388 e. The second-order valence-electron chi connectivity index (χ2n) is 6.28. The molecular weight excluding hydrogens is 258 g/mol. The number of aliphatic hydroxyl groups excluding tert-OH is 1. The zero-order chi connectivity index (χ0) is 15.0. The molecule has 3 rings (SSSR count). The van der Waals surface area contributed by atoms with Crippen LogP contribution in [-0.4, -0.2) is 17.1 Å². The van der Waals surface area contributed by atoms with Crippen LogP contribution in [0.5, 0.6) is 0 Å². The van der Waals surface area contributed by atoms with E-state index in [0.29, 0.717) is 0 Å². The standard InChI is InChI=1S/C19H23NO/c1-13-9-10-16-17(11-13)18(14(2)19(16)21)20(3)12-15-7-5-4-6-8-15/h4-11,14,18-19,21H,12H2,1-3H3. The monoisotopic (exact) mass is 281 g/mol. The maximum atomic E-state index is 10.5. The Morgan fingerprint density at radius 2 is 1.76 bits per heavy atom. The van der Waals surface area contributed by atoms with Gasteiger partial charge in [0.25, 0.3) is 0 Å². The second kappa shape index (κ2) is 5.63. The lowest BCUT2D eigenvalue weighted by atomic mass is 9.99. The van der Waals surface area contributed by atoms with Crippen molar-refractivity contribution >= 4 is 0 Å². The molecule has 0 saturated heterocycles. The molecule has 0 amide bonds. The van der Waals surface area contributed by atoms with E-state index in [1.807, 2.05) is 6.07 Å². The number of benzene rings is 2. The van der Waals surface area contributed by atoms with E-state index >= 15 is 0 Å². The molecule has 0 fully saturated rings. The summed E-state index contributed by atoms with van der Waals surface area (Å²) in [6.45, 7) is 5.16. The molecule has 2 heteroatoms. The number of aryl methyl sites for hydroxylation is 1. The molecule has 21 heavy (non-hydrogen) atoms. The normalized spacial score (nSPS) is 24.3. The fourth-order valence-electron chi connectivity index (χ4n) is 3.57. The quantitative estimate of drug-likeness (QED) is 0.923. The maximum absolute atomic E-state index is 10.5. The first-order valence-electron chi connectivity index (χ1n) is 7.60. The van der Waals surface area contributed by atoms with Crippen molar-refractivity contribution < 1.29 is 5.11 Å². The van der Waals surface area contributed by atoms with Gasteiger partial charge in [-0.25, -0.2) is 0 Å². The van der Waals surface area contributed by atoms with Gasteiger partial charge in [-0.2, -0.15) is 0 Å². The van der Waals surface area contributed by atoms with E-state index in [1.54, 1.807) is 0 Å². The first-order valence-corrected chi connectivity index (χ1v) is 7.60. The van der Waals surface area contributed by atoms with E-state index in [4.69, 9.17) is 0 Å². The molecule has 0 spiro atoms. The van der Waals surface area contributed by atoms with E-state index < -0.39 is 0 Å². The van der Waals surface area contributed by atoms with Gasteiger partial charge in [0, 0.05) is 18.5 Å². The van der Waals surface area contributed by atoms with Gasteiger partial charge in [-0.3, -0.25) is 4.90 Å². The molecule has 2 aromatic carbocycles. The largest absolute Gasteiger partial charge is 0.388 e. The van der Waals surface area contributed by atoms with E-state index in [0.717, 1.165) is 12.1 Å². The Morgan fingerprint density at radius 1 is 1.05 bits per heavy atom. The summed E-state index contributed by atoms with van der Waals surface area (Å²) in [5.74, 6) is 0.218. The Hall–Kier alpha value is -1.64. The van der Waals surface area contributed by atoms with E-state index in [9.17, 15) is 5.11 Å². The first-order chi connectivity index (χ1) is 10.1. The summed E-state index contributed by atoms with van der Waals surface area (Å²) in [7, 11) is 2.15. The lowest BCUT2D eigenvalue weighted by molar-refractivity contribution is 0.0754. The van der Waals surface area contributed by atoms with Gasteiger partial charge in [0.05, 0.1) is 6.10 Å². The van der Waals surface area contributed by atoms with Crippen LogP contribution in [0.4, 0.5) is 0 Å². The number of hydrogen-bond donors (Lipinski definition) is 1. The first kappa shape index (κ1) is 14.3. The van der Waals surface area contributed by atoms with Gasteiger partial charge in [0.1, 0.15) is 0 Å². The molecule has 3 atom stereocenters. The van der Waals surface area contributed by atoms with Crippen LogP contribution in [0.1, 0.15) is 41.3 Å². The third kappa shape index (κ3) is 2.61. The van der Waals surface area contributed by atoms with Crippen molar-refractivity contribution in [2.75, 3.05) is 7.05 Å². The summed E-state index contributed by atoms with van der Waals surface area (Å²) in [5.41, 5.74) is 4.95. The minimum atomic E-state index is -0.358. The van der Waals surface area contributed by atoms with Gasteiger partial charge in [-0.1, -0.05) is 61.0 Å². The highest BCUT2D eigenvalue weighted by Gasteiger charge is 2.38. The van der Waals surface area contributed by atoms with Crippen LogP contribution in [0.15, 0.2) is 48.5 Å². The SMILES string of the molecule is Cc1ccc2c(c1)C(N(C)Cc1ccccc1)C(C)C2O. The zero-order valence-corrected chi connectivity index (χ0v) is 13.0. The number of nitrogens with zero attached hydrogens (tertiary/aromatic N) is 1. The molecule has 2 aromatic rings. The van der Waals surface area contributed by atoms with Crippen molar-refractivity contribution in [1.82, 2.24) is 4.90 Å². The van der Waals surface area contributed by atoms with Gasteiger partial charge in [0.15, 0.2) is 0 Å². The molecule has 1 aliphatic rings. The smallest absolute Gasteiger partial charge is 0.0837 e. The molecule has 2 nitrogen and oxygen atoms in total. The summed E-state index contributed by atoms with van der Waals surface area (Å²) < 4.78 is 0. The number of fused-ring (bicyclic) bond motifs is 1. The van der Waals surface area contributed by atoms with Crippen LogP contribution in [0, 0.1) is 12.8 Å².